The number of aliphatic carboxylic acids is 1. The van der Waals surface area contributed by atoms with Gasteiger partial charge in [0.15, 0.2) is 0 Å². The highest BCUT2D eigenvalue weighted by Gasteiger charge is 2.17. The first-order valence-electron chi connectivity index (χ1n) is 32.3. The highest BCUT2D eigenvalue weighted by Crippen LogP contribution is 2.23. The van der Waals surface area contributed by atoms with Crippen molar-refractivity contribution in [2.45, 2.75) is 86.5 Å². The smallest absolute Gasteiger partial charge is 0.407 e. The fourth-order valence-electron chi connectivity index (χ4n) is 5.25. The summed E-state index contributed by atoms with van der Waals surface area (Å²) in [6.45, 7) is 31.6. The van der Waals surface area contributed by atoms with Crippen LogP contribution in [0.15, 0.2) is 74.9 Å². The first-order chi connectivity index (χ1) is 50.2. The third kappa shape index (κ3) is 90.5. The molecule has 0 unspecified atom stereocenters. The van der Waals surface area contributed by atoms with Crippen LogP contribution in [0.2, 0.25) is 15.5 Å². The van der Waals surface area contributed by atoms with Crippen molar-refractivity contribution >= 4 is 223 Å². The number of nitrogens with two attached hydrogens (primary N) is 4. The van der Waals surface area contributed by atoms with Crippen molar-refractivity contribution in [1.29, 1.82) is 0 Å². The van der Waals surface area contributed by atoms with E-state index in [1.54, 1.807) is 97.0 Å². The number of alkyl carbamates (subject to hydrolysis) is 3. The number of carboxylic acids is 1. The van der Waals surface area contributed by atoms with Crippen LogP contribution in [0, 0.1) is 0 Å². The average molecular weight is 1790 g/mol. The maximum absolute atomic E-state index is 11.5. The summed E-state index contributed by atoms with van der Waals surface area (Å²) in [4.78, 5) is 85.9. The summed E-state index contributed by atoms with van der Waals surface area (Å²) in [5, 5.41) is 35.5. The van der Waals surface area contributed by atoms with Gasteiger partial charge in [0, 0.05) is 167 Å². The van der Waals surface area contributed by atoms with E-state index in [1.165, 1.54) is 43.1 Å². The number of nitrogens with zero attached hydrogens (tertiary/aromatic N) is 9. The van der Waals surface area contributed by atoms with Gasteiger partial charge in [-0.1, -0.05) is 142 Å². The summed E-state index contributed by atoms with van der Waals surface area (Å²) in [5.41, 5.74) is 21.3. The molecule has 0 fully saturated rings. The quantitative estimate of drug-likeness (QED) is 0.00288. The van der Waals surface area contributed by atoms with Gasteiger partial charge in [-0.25, -0.2) is 63.6 Å². The van der Waals surface area contributed by atoms with Crippen molar-refractivity contribution in [3.05, 3.63) is 90.3 Å². The van der Waals surface area contributed by atoms with Crippen molar-refractivity contribution < 1.29 is 47.9 Å². The Labute approximate surface area is 703 Å². The van der Waals surface area contributed by atoms with Crippen LogP contribution in [0.1, 0.15) is 69.7 Å². The van der Waals surface area contributed by atoms with Gasteiger partial charge in [0.2, 0.25) is 11.6 Å². The number of rotatable bonds is 39. The SMILES string of the molecule is C.C=CC(=O)NCCNc1cc(NCCSSCCN)ncn1.C=CC(=O)O.CC(C)(C)OC(=O)NCCSSCCN.CC(C)(C)OC(=O)NCCSSCCNc1cc(Cl)ncn1.CC(C)(C)OC(=O)NCCSSCCNc1cc(NCCN)ncn1.C[N+](C)=CCl.Cl.Clc1cc(Cl)ncn1.NCCS. The minimum Gasteiger partial charge on any atom is -0.478 e. The van der Waals surface area contributed by atoms with Crippen molar-refractivity contribution in [2.75, 3.05) is 178 Å². The lowest BCUT2D eigenvalue weighted by Gasteiger charge is -2.19. The van der Waals surface area contributed by atoms with Crippen LogP contribution in [-0.2, 0) is 23.8 Å². The summed E-state index contributed by atoms with van der Waals surface area (Å²) in [6.07, 6.45) is 6.74. The third-order valence-electron chi connectivity index (χ3n) is 9.20. The van der Waals surface area contributed by atoms with E-state index >= 15 is 0 Å². The lowest BCUT2D eigenvalue weighted by atomic mass is 10.2. The predicted octanol–water partition coefficient (Wildman–Crippen LogP) is 11.9. The van der Waals surface area contributed by atoms with Gasteiger partial charge in [-0.15, -0.1) is 12.4 Å². The standard InChI is InChI=1S/C15H28N6O2S2.C13H21ClN4O2S2.C13H22N6OS2.C9H20N2O2S2.C4H2Cl2N2.C3H7ClN.C3H4O2.C2H7NS.CH4.ClH/c1-15(2,3)23-14(22)19-7-9-25-24-8-6-18-13-10-12(17-5-4-16)20-11-21-13;1-13(2,3)20-12(19)16-5-7-22-21-6-4-15-11-8-10(14)17-9-18-11;1-2-13(20)17-5-4-15-11-9-12(19-10-18-11)16-6-8-22-21-7-3-14;1-9(2,3)13-8(12)11-5-7-15-14-6-4-10;5-3-1-4(6)8-2-7-3;1-5(2)3-4;1-2-3(4)5;3-1-2-4;;/h10-11H,4-9,16H2,1-3H3,(H,19,22)(H2,17,18,20,21);8-9H,4-7H2,1-3H3,(H,16,19)(H,15,17,18);2,9-10H,1,3-8,14H2,(H,17,20)(H2,15,16,18,19);4-7,10H2,1-3H3,(H,11,12);1-2H;3H,1-2H3;2H,1H2,(H,4,5);4H,1-3H2;1H4;1H/q;;;;;+1;;;;. The zero-order chi connectivity index (χ0) is 80.7. The van der Waals surface area contributed by atoms with Crippen LogP contribution in [0.25, 0.3) is 0 Å². The Kier molecular flexibility index (Phi) is 82.7. The summed E-state index contributed by atoms with van der Waals surface area (Å²) < 4.78 is 17.2. The Morgan fingerprint density at radius 3 is 0.972 bits per heavy atom. The molecule has 0 saturated carbocycles. The van der Waals surface area contributed by atoms with Gasteiger partial charge in [-0.05, 0) is 80.0 Å². The highest BCUT2D eigenvalue weighted by molar-refractivity contribution is 8.77. The van der Waals surface area contributed by atoms with E-state index in [0.29, 0.717) is 80.9 Å². The van der Waals surface area contributed by atoms with Gasteiger partial charge in [0.05, 0.1) is 0 Å². The summed E-state index contributed by atoms with van der Waals surface area (Å²) in [6, 6.07) is 6.86. The molecule has 0 bridgehead atoms. The maximum atomic E-state index is 11.5. The Morgan fingerprint density at radius 2 is 0.722 bits per heavy atom. The van der Waals surface area contributed by atoms with Gasteiger partial charge in [0.25, 0.3) is 0 Å². The zero-order valence-electron chi connectivity index (χ0n) is 62.5. The molecule has 18 N–H and O–H groups in total. The minimum atomic E-state index is -0.981. The second-order valence-corrected chi connectivity index (χ2v) is 35.1. The zero-order valence-corrected chi connectivity index (χ0v) is 73.8. The molecule has 0 aromatic carbocycles. The molecule has 0 spiro atoms. The van der Waals surface area contributed by atoms with Crippen LogP contribution < -0.4 is 70.8 Å². The molecule has 4 aromatic rings. The van der Waals surface area contributed by atoms with Crippen molar-refractivity contribution in [3.8, 4) is 0 Å². The van der Waals surface area contributed by atoms with E-state index in [1.807, 2.05) is 88.5 Å². The number of halogens is 5. The summed E-state index contributed by atoms with van der Waals surface area (Å²) >= 11 is 25.5. The number of carbonyl (C=O) groups excluding carboxylic acids is 4. The number of nitrogens with one attached hydrogen (secondary N) is 9. The maximum Gasteiger partial charge on any atom is 0.407 e. The molecule has 4 heterocycles. The van der Waals surface area contributed by atoms with Crippen LogP contribution in [0.3, 0.4) is 0 Å². The second kappa shape index (κ2) is 78.0. The molecule has 0 radical (unpaired) electrons. The van der Waals surface area contributed by atoms with Crippen molar-refractivity contribution in [3.63, 3.8) is 0 Å². The van der Waals surface area contributed by atoms with Crippen LogP contribution in [-0.4, -0.2) is 253 Å². The fourth-order valence-corrected chi connectivity index (χ4v) is 12.9. The molecule has 620 valence electrons. The Balaban J connectivity index is -0.000000293. The molecular formula is C63H116Cl5N22O9S9+. The number of carboxylic acid groups (broad SMARTS) is 1. The number of aromatic nitrogens is 8. The largest absolute Gasteiger partial charge is 0.478 e. The molecule has 0 saturated heterocycles. The topological polar surface area (TPSA) is 452 Å². The molecule has 31 nitrogen and oxygen atoms in total. The van der Waals surface area contributed by atoms with Gasteiger partial charge in [-0.2, -0.15) is 12.6 Å². The molecule has 0 aliphatic carbocycles. The number of carbonyl (C=O) groups is 5. The third-order valence-corrected chi connectivity index (χ3v) is 20.2. The summed E-state index contributed by atoms with van der Waals surface area (Å²) in [5.74, 6) is 10.6. The van der Waals surface area contributed by atoms with Gasteiger partial charge >= 0.3 is 24.2 Å². The Bertz CT molecular complexity index is 2930. The number of anilines is 5. The predicted molar refractivity (Wildman–Crippen MR) is 477 cm³/mol. The molecule has 4 aromatic heterocycles. The van der Waals surface area contributed by atoms with E-state index in [-0.39, 0.29) is 44.0 Å². The minimum absolute atomic E-state index is 0. The number of hydrogen-bond donors (Lipinski definition) is 15. The van der Waals surface area contributed by atoms with E-state index < -0.39 is 22.8 Å². The Morgan fingerprint density at radius 1 is 0.454 bits per heavy atom. The summed E-state index contributed by atoms with van der Waals surface area (Å²) in [7, 11) is 17.6. The van der Waals surface area contributed by atoms with E-state index in [9.17, 15) is 24.0 Å². The highest BCUT2D eigenvalue weighted by atomic mass is 35.5. The molecular weight excluding hydrogens is 1670 g/mol. The van der Waals surface area contributed by atoms with Gasteiger partial charge in [0.1, 0.15) is 101 Å². The molecule has 4 rings (SSSR count). The Hall–Kier alpha value is -4.34. The van der Waals surface area contributed by atoms with Crippen molar-refractivity contribution in [2.24, 2.45) is 22.9 Å². The van der Waals surface area contributed by atoms with Gasteiger partial charge < -0.3 is 90.1 Å². The first kappa shape index (κ1) is 115. The van der Waals surface area contributed by atoms with Crippen LogP contribution in [0.5, 0.6) is 0 Å². The van der Waals surface area contributed by atoms with Gasteiger partial charge in [-0.3, -0.25) is 4.79 Å². The number of ether oxygens (including phenoxy) is 3. The van der Waals surface area contributed by atoms with Crippen LogP contribution >= 0.6 is 158 Å². The molecule has 0 atom stereocenters. The first-order valence-corrected chi connectivity index (χ1v) is 44.5. The number of hydrogen-bond acceptors (Lipinski definition) is 34. The van der Waals surface area contributed by atoms with Crippen molar-refractivity contribution in [1.82, 2.24) is 61.1 Å². The van der Waals surface area contributed by atoms with E-state index in [0.717, 1.165) is 107 Å². The lowest BCUT2D eigenvalue weighted by molar-refractivity contribution is -0.457. The lowest BCUT2D eigenvalue weighted by Crippen LogP contribution is -2.33. The normalized spacial score (nSPS) is 10.0. The average Bonchev–Trinajstić information content (AvgIpc) is 0.921. The molecule has 0 aliphatic rings. The fraction of sp³-hybridized carbons (Fsp3) is 0.587. The number of thiol groups is 1. The monoisotopic (exact) mass is 1790 g/mol. The van der Waals surface area contributed by atoms with Crippen LogP contribution in [0.4, 0.5) is 43.5 Å². The van der Waals surface area contributed by atoms with E-state index in [2.05, 4.69) is 114 Å². The molecule has 4 amide bonds. The van der Waals surface area contributed by atoms with E-state index in [4.69, 9.17) is 88.7 Å². The molecule has 45 heteroatoms. The second-order valence-electron chi connectivity index (χ2n) is 22.4. The molecule has 0 aliphatic heterocycles. The number of amides is 4. The molecule has 108 heavy (non-hydrogen) atoms.